The van der Waals surface area contributed by atoms with E-state index < -0.39 is 0 Å². The molecule has 2 aromatic carbocycles. The number of anilines is 1. The Morgan fingerprint density at radius 3 is 2.52 bits per heavy atom. The van der Waals surface area contributed by atoms with E-state index in [2.05, 4.69) is 10.6 Å². The highest BCUT2D eigenvalue weighted by atomic mass is 16.3. The number of rotatable bonds is 6. The minimum Gasteiger partial charge on any atom is -0.508 e. The van der Waals surface area contributed by atoms with Crippen molar-refractivity contribution in [1.82, 2.24) is 5.32 Å². The summed E-state index contributed by atoms with van der Waals surface area (Å²) in [5.74, 6) is -0.308. The summed E-state index contributed by atoms with van der Waals surface area (Å²) in [5, 5.41) is 34.7. The molecule has 1 amide bonds. The van der Waals surface area contributed by atoms with Gasteiger partial charge in [-0.1, -0.05) is 6.92 Å². The molecule has 0 radical (unpaired) electrons. The quantitative estimate of drug-likeness (QED) is 0.527. The smallest absolute Gasteiger partial charge is 0.255 e. The normalized spacial score (nSPS) is 10.3. The molecule has 5 N–H and O–H groups in total. The number of nitrogens with one attached hydrogen (secondary N) is 2. The van der Waals surface area contributed by atoms with E-state index in [1.807, 2.05) is 6.92 Å². The van der Waals surface area contributed by atoms with Crippen molar-refractivity contribution < 1.29 is 20.1 Å². The number of phenolic OH excluding ortho intramolecular Hbond substituents is 3. The van der Waals surface area contributed by atoms with Gasteiger partial charge in [0.15, 0.2) is 0 Å². The van der Waals surface area contributed by atoms with E-state index in [-0.39, 0.29) is 35.3 Å². The minimum atomic E-state index is -0.340. The summed E-state index contributed by atoms with van der Waals surface area (Å²) in [4.78, 5) is 12.0. The number of hydrogen-bond acceptors (Lipinski definition) is 5. The van der Waals surface area contributed by atoms with Gasteiger partial charge < -0.3 is 26.0 Å². The Hall–Kier alpha value is -2.89. The first-order valence-electron chi connectivity index (χ1n) is 7.37. The molecule has 0 aliphatic rings. The molecule has 6 nitrogen and oxygen atoms in total. The van der Waals surface area contributed by atoms with Crippen LogP contribution < -0.4 is 10.6 Å². The van der Waals surface area contributed by atoms with Gasteiger partial charge in [-0.2, -0.15) is 0 Å². The highest BCUT2D eigenvalue weighted by Gasteiger charge is 2.11. The summed E-state index contributed by atoms with van der Waals surface area (Å²) in [5.41, 5.74) is 1.32. The van der Waals surface area contributed by atoms with Gasteiger partial charge in [-0.15, -0.1) is 0 Å². The molecule has 0 atom stereocenters. The number of carbonyl (C=O) groups is 1. The monoisotopic (exact) mass is 316 g/mol. The molecule has 0 unspecified atom stereocenters. The van der Waals surface area contributed by atoms with Gasteiger partial charge in [-0.3, -0.25) is 4.79 Å². The standard InChI is InChI=1S/C17H20N2O4/c1-2-7-18-17(23)14-9-12(3-5-16(14)22)19-10-11-8-13(20)4-6-15(11)21/h3-6,8-9,19-22H,2,7,10H2,1H3,(H,18,23). The maximum absolute atomic E-state index is 12.0. The maximum Gasteiger partial charge on any atom is 0.255 e. The molecule has 2 aromatic rings. The van der Waals surface area contributed by atoms with Crippen LogP contribution in [0, 0.1) is 0 Å². The molecule has 0 heterocycles. The zero-order valence-corrected chi connectivity index (χ0v) is 12.8. The second-order valence-electron chi connectivity index (χ2n) is 5.15. The lowest BCUT2D eigenvalue weighted by molar-refractivity contribution is 0.0951. The Labute approximate surface area is 134 Å². The molecule has 0 aliphatic carbocycles. The molecule has 6 heteroatoms. The van der Waals surface area contributed by atoms with Crippen molar-refractivity contribution in [2.45, 2.75) is 19.9 Å². The SMILES string of the molecule is CCCNC(=O)c1cc(NCc2cc(O)ccc2O)ccc1O. The first-order valence-corrected chi connectivity index (χ1v) is 7.37. The van der Waals surface area contributed by atoms with Crippen molar-refractivity contribution in [2.24, 2.45) is 0 Å². The van der Waals surface area contributed by atoms with Crippen LogP contribution in [0.15, 0.2) is 36.4 Å². The summed E-state index contributed by atoms with van der Waals surface area (Å²) in [6.07, 6.45) is 0.807. The van der Waals surface area contributed by atoms with Gasteiger partial charge in [-0.05, 0) is 42.8 Å². The fourth-order valence-electron chi connectivity index (χ4n) is 2.07. The Bertz CT molecular complexity index is 701. The fraction of sp³-hybridized carbons (Fsp3) is 0.235. The topological polar surface area (TPSA) is 102 Å². The Balaban J connectivity index is 2.11. The van der Waals surface area contributed by atoms with Crippen molar-refractivity contribution >= 4 is 11.6 Å². The van der Waals surface area contributed by atoms with Crippen molar-refractivity contribution in [3.8, 4) is 17.2 Å². The summed E-state index contributed by atoms with van der Waals surface area (Å²) in [7, 11) is 0. The van der Waals surface area contributed by atoms with Crippen LogP contribution in [-0.4, -0.2) is 27.8 Å². The molecule has 0 aromatic heterocycles. The van der Waals surface area contributed by atoms with E-state index in [0.717, 1.165) is 6.42 Å². The number of benzene rings is 2. The zero-order valence-electron chi connectivity index (χ0n) is 12.8. The molecule has 0 bridgehead atoms. The molecule has 122 valence electrons. The molecule has 0 spiro atoms. The zero-order chi connectivity index (χ0) is 16.8. The highest BCUT2D eigenvalue weighted by molar-refractivity contribution is 5.97. The number of amides is 1. The van der Waals surface area contributed by atoms with Crippen LogP contribution in [0.5, 0.6) is 17.2 Å². The van der Waals surface area contributed by atoms with Crippen LogP contribution >= 0.6 is 0 Å². The molecule has 2 rings (SSSR count). The highest BCUT2D eigenvalue weighted by Crippen LogP contribution is 2.25. The average Bonchev–Trinajstić information content (AvgIpc) is 2.54. The van der Waals surface area contributed by atoms with E-state index in [1.165, 1.54) is 24.3 Å². The van der Waals surface area contributed by atoms with Gasteiger partial charge in [0.05, 0.1) is 5.56 Å². The average molecular weight is 316 g/mol. The third-order valence-corrected chi connectivity index (χ3v) is 3.32. The van der Waals surface area contributed by atoms with E-state index >= 15 is 0 Å². The first-order chi connectivity index (χ1) is 11.0. The lowest BCUT2D eigenvalue weighted by Crippen LogP contribution is -2.24. The largest absolute Gasteiger partial charge is 0.508 e. The van der Waals surface area contributed by atoms with Gasteiger partial charge in [0, 0.05) is 24.3 Å². The van der Waals surface area contributed by atoms with Gasteiger partial charge in [0.25, 0.3) is 5.91 Å². The summed E-state index contributed by atoms with van der Waals surface area (Å²) < 4.78 is 0. The van der Waals surface area contributed by atoms with Crippen LogP contribution in [0.2, 0.25) is 0 Å². The van der Waals surface area contributed by atoms with E-state index in [4.69, 9.17) is 0 Å². The Morgan fingerprint density at radius 1 is 1.04 bits per heavy atom. The van der Waals surface area contributed by atoms with Gasteiger partial charge in [0.1, 0.15) is 17.2 Å². The van der Waals surface area contributed by atoms with Crippen molar-refractivity contribution in [1.29, 1.82) is 0 Å². The third kappa shape index (κ3) is 4.29. The molecule has 23 heavy (non-hydrogen) atoms. The third-order valence-electron chi connectivity index (χ3n) is 3.32. The van der Waals surface area contributed by atoms with E-state index in [1.54, 1.807) is 12.1 Å². The summed E-state index contributed by atoms with van der Waals surface area (Å²) in [6, 6.07) is 8.87. The van der Waals surface area contributed by atoms with E-state index in [0.29, 0.717) is 17.8 Å². The fourth-order valence-corrected chi connectivity index (χ4v) is 2.07. The second-order valence-corrected chi connectivity index (χ2v) is 5.15. The molecule has 0 saturated heterocycles. The predicted octanol–water partition coefficient (Wildman–Crippen LogP) is 2.56. The molecular weight excluding hydrogens is 296 g/mol. The number of carbonyl (C=O) groups excluding carboxylic acids is 1. The molecule has 0 saturated carbocycles. The van der Waals surface area contributed by atoms with Crippen LogP contribution in [0.4, 0.5) is 5.69 Å². The van der Waals surface area contributed by atoms with Crippen molar-refractivity contribution in [3.05, 3.63) is 47.5 Å². The number of phenols is 3. The lowest BCUT2D eigenvalue weighted by atomic mass is 10.1. The van der Waals surface area contributed by atoms with Crippen molar-refractivity contribution in [2.75, 3.05) is 11.9 Å². The van der Waals surface area contributed by atoms with Gasteiger partial charge in [-0.25, -0.2) is 0 Å². The van der Waals surface area contributed by atoms with Crippen LogP contribution in [0.1, 0.15) is 29.3 Å². The molecular formula is C17H20N2O4. The number of hydrogen-bond donors (Lipinski definition) is 5. The number of aromatic hydroxyl groups is 3. The summed E-state index contributed by atoms with van der Waals surface area (Å²) >= 11 is 0. The minimum absolute atomic E-state index is 0.0601. The maximum atomic E-state index is 12.0. The van der Waals surface area contributed by atoms with Crippen LogP contribution in [0.3, 0.4) is 0 Å². The molecule has 0 fully saturated rings. The van der Waals surface area contributed by atoms with E-state index in [9.17, 15) is 20.1 Å². The second kappa shape index (κ2) is 7.40. The van der Waals surface area contributed by atoms with Gasteiger partial charge in [0.2, 0.25) is 0 Å². The van der Waals surface area contributed by atoms with Crippen LogP contribution in [0.25, 0.3) is 0 Å². The lowest BCUT2D eigenvalue weighted by Gasteiger charge is -2.11. The first kappa shape index (κ1) is 16.5. The summed E-state index contributed by atoms with van der Waals surface area (Å²) in [6.45, 7) is 2.74. The molecule has 0 aliphatic heterocycles. The van der Waals surface area contributed by atoms with Crippen molar-refractivity contribution in [3.63, 3.8) is 0 Å². The van der Waals surface area contributed by atoms with Gasteiger partial charge >= 0.3 is 0 Å². The Morgan fingerprint density at radius 2 is 1.78 bits per heavy atom. The van der Waals surface area contributed by atoms with Crippen LogP contribution in [-0.2, 0) is 6.54 Å². The predicted molar refractivity (Wildman–Crippen MR) is 87.8 cm³/mol. The Kier molecular flexibility index (Phi) is 5.30.